The summed E-state index contributed by atoms with van der Waals surface area (Å²) in [7, 11) is 1.65. The summed E-state index contributed by atoms with van der Waals surface area (Å²) in [6.45, 7) is 1.44. The number of hydrogen-bond acceptors (Lipinski definition) is 5. The van der Waals surface area contributed by atoms with Gasteiger partial charge in [0.1, 0.15) is 0 Å². The van der Waals surface area contributed by atoms with Crippen molar-refractivity contribution in [3.63, 3.8) is 0 Å². The van der Waals surface area contributed by atoms with E-state index in [4.69, 9.17) is 9.72 Å². The van der Waals surface area contributed by atoms with Gasteiger partial charge >= 0.3 is 0 Å². The Labute approximate surface area is 129 Å². The van der Waals surface area contributed by atoms with Crippen LogP contribution in [0.15, 0.2) is 24.3 Å². The van der Waals surface area contributed by atoms with Crippen molar-refractivity contribution in [2.45, 2.75) is 32.5 Å². The standard InChI is InChI=1S/C16H20N2O2S/c1-20-11-13-15(10-19)21-16(17-13)18-9-5-4-7-12-6-2-3-8-14(12)18/h2-3,6,8,19H,4-5,7,9-11H2,1H3. The average molecular weight is 304 g/mol. The number of aliphatic hydroxyl groups excluding tert-OH is 1. The molecule has 0 radical (unpaired) electrons. The van der Waals surface area contributed by atoms with Crippen molar-refractivity contribution < 1.29 is 9.84 Å². The fourth-order valence-electron chi connectivity index (χ4n) is 2.75. The van der Waals surface area contributed by atoms with Crippen molar-refractivity contribution in [3.8, 4) is 0 Å². The molecule has 0 atom stereocenters. The van der Waals surface area contributed by atoms with Crippen LogP contribution in [0.3, 0.4) is 0 Å². The number of ether oxygens (including phenoxy) is 1. The lowest BCUT2D eigenvalue weighted by Crippen LogP contribution is -2.17. The Morgan fingerprint density at radius 1 is 1.33 bits per heavy atom. The van der Waals surface area contributed by atoms with E-state index in [0.717, 1.165) is 35.1 Å². The minimum atomic E-state index is 0.0197. The molecule has 0 unspecified atom stereocenters. The van der Waals surface area contributed by atoms with Gasteiger partial charge in [0.25, 0.3) is 0 Å². The number of anilines is 2. The molecule has 4 nitrogen and oxygen atoms in total. The lowest BCUT2D eigenvalue weighted by Gasteiger charge is -2.21. The summed E-state index contributed by atoms with van der Waals surface area (Å²) in [6.07, 6.45) is 3.48. The molecule has 5 heteroatoms. The van der Waals surface area contributed by atoms with Gasteiger partial charge in [-0.25, -0.2) is 4.98 Å². The van der Waals surface area contributed by atoms with E-state index < -0.39 is 0 Å². The first-order valence-corrected chi connectivity index (χ1v) is 8.09. The lowest BCUT2D eigenvalue weighted by molar-refractivity contribution is 0.179. The second-order valence-electron chi connectivity index (χ2n) is 5.19. The molecule has 0 saturated heterocycles. The summed E-state index contributed by atoms with van der Waals surface area (Å²) >= 11 is 1.56. The fourth-order valence-corrected chi connectivity index (χ4v) is 3.71. The predicted octanol–water partition coefficient (Wildman–Crippen LogP) is 3.26. The van der Waals surface area contributed by atoms with Gasteiger partial charge in [-0.05, 0) is 30.9 Å². The summed E-state index contributed by atoms with van der Waals surface area (Å²) in [5, 5.41) is 10.5. The van der Waals surface area contributed by atoms with Crippen LogP contribution in [0, 0.1) is 0 Å². The SMILES string of the molecule is COCc1nc(N2CCCCc3ccccc32)sc1CO. The van der Waals surface area contributed by atoms with Crippen LogP contribution < -0.4 is 4.90 Å². The zero-order valence-electron chi connectivity index (χ0n) is 12.2. The Bertz CT molecular complexity index is 612. The molecule has 3 rings (SSSR count). The Kier molecular flexibility index (Phi) is 4.53. The maximum Gasteiger partial charge on any atom is 0.190 e. The van der Waals surface area contributed by atoms with E-state index in [-0.39, 0.29) is 6.61 Å². The van der Waals surface area contributed by atoms with Gasteiger partial charge in [-0.1, -0.05) is 29.5 Å². The van der Waals surface area contributed by atoms with Crippen molar-refractivity contribution in [3.05, 3.63) is 40.4 Å². The molecular weight excluding hydrogens is 284 g/mol. The second kappa shape index (κ2) is 6.56. The summed E-state index contributed by atoms with van der Waals surface area (Å²) < 4.78 is 5.18. The van der Waals surface area contributed by atoms with Crippen LogP contribution in [0.1, 0.15) is 29.0 Å². The molecule has 0 fully saturated rings. The van der Waals surface area contributed by atoms with Crippen LogP contribution in [-0.4, -0.2) is 23.7 Å². The van der Waals surface area contributed by atoms with Gasteiger partial charge in [0.15, 0.2) is 5.13 Å². The van der Waals surface area contributed by atoms with E-state index in [1.807, 2.05) is 0 Å². The Morgan fingerprint density at radius 3 is 3.00 bits per heavy atom. The number of aromatic nitrogens is 1. The third-order valence-corrected chi connectivity index (χ3v) is 4.89. The first-order valence-electron chi connectivity index (χ1n) is 7.27. The van der Waals surface area contributed by atoms with Gasteiger partial charge in [0, 0.05) is 19.3 Å². The molecular formula is C16H20N2O2S. The molecule has 112 valence electrons. The lowest BCUT2D eigenvalue weighted by atomic mass is 10.1. The fraction of sp³-hybridized carbons (Fsp3) is 0.438. The Morgan fingerprint density at radius 2 is 2.19 bits per heavy atom. The molecule has 21 heavy (non-hydrogen) atoms. The number of methoxy groups -OCH3 is 1. The van der Waals surface area contributed by atoms with E-state index in [2.05, 4.69) is 29.2 Å². The topological polar surface area (TPSA) is 45.6 Å². The number of thiazole rings is 1. The van der Waals surface area contributed by atoms with Crippen molar-refractivity contribution >= 4 is 22.2 Å². The number of benzene rings is 1. The van der Waals surface area contributed by atoms with Crippen molar-refractivity contribution in [1.29, 1.82) is 0 Å². The van der Waals surface area contributed by atoms with E-state index in [9.17, 15) is 5.11 Å². The largest absolute Gasteiger partial charge is 0.391 e. The van der Waals surface area contributed by atoms with Crippen molar-refractivity contribution in [1.82, 2.24) is 4.98 Å². The number of rotatable bonds is 4. The quantitative estimate of drug-likeness (QED) is 0.942. The third kappa shape index (κ3) is 2.95. The molecule has 0 spiro atoms. The molecule has 0 aliphatic carbocycles. The molecule has 1 N–H and O–H groups in total. The van der Waals surface area contributed by atoms with Crippen LogP contribution >= 0.6 is 11.3 Å². The maximum absolute atomic E-state index is 9.50. The van der Waals surface area contributed by atoms with E-state index in [0.29, 0.717) is 6.61 Å². The maximum atomic E-state index is 9.50. The second-order valence-corrected chi connectivity index (χ2v) is 6.26. The molecule has 0 amide bonds. The van der Waals surface area contributed by atoms with Crippen molar-refractivity contribution in [2.24, 2.45) is 0 Å². The molecule has 1 aromatic carbocycles. The van der Waals surface area contributed by atoms with Gasteiger partial charge in [-0.2, -0.15) is 0 Å². The van der Waals surface area contributed by atoms with E-state index >= 15 is 0 Å². The summed E-state index contributed by atoms with van der Waals surface area (Å²) in [5.41, 5.74) is 3.47. The first-order chi connectivity index (χ1) is 10.3. The minimum absolute atomic E-state index is 0.0197. The number of fused-ring (bicyclic) bond motifs is 1. The Balaban J connectivity index is 1.99. The van der Waals surface area contributed by atoms with Crippen LogP contribution in [0.4, 0.5) is 10.8 Å². The Hall–Kier alpha value is -1.43. The van der Waals surface area contributed by atoms with Gasteiger partial charge in [0.2, 0.25) is 0 Å². The number of aryl methyl sites for hydroxylation is 1. The van der Waals surface area contributed by atoms with Crippen LogP contribution in [-0.2, 0) is 24.4 Å². The first kappa shape index (κ1) is 14.5. The molecule has 1 aliphatic rings. The molecule has 0 saturated carbocycles. The van der Waals surface area contributed by atoms with Crippen LogP contribution in [0.2, 0.25) is 0 Å². The zero-order valence-corrected chi connectivity index (χ0v) is 13.0. The number of aliphatic hydroxyl groups is 1. The highest BCUT2D eigenvalue weighted by atomic mass is 32.1. The van der Waals surface area contributed by atoms with Crippen LogP contribution in [0.25, 0.3) is 0 Å². The molecule has 1 aromatic heterocycles. The molecule has 0 bridgehead atoms. The summed E-state index contributed by atoms with van der Waals surface area (Å²) in [4.78, 5) is 7.87. The predicted molar refractivity (Wildman–Crippen MR) is 85.1 cm³/mol. The van der Waals surface area contributed by atoms with Crippen molar-refractivity contribution in [2.75, 3.05) is 18.6 Å². The number of para-hydroxylation sites is 1. The number of nitrogens with zero attached hydrogens (tertiary/aromatic N) is 2. The summed E-state index contributed by atoms with van der Waals surface area (Å²) in [6, 6.07) is 8.54. The van der Waals surface area contributed by atoms with E-state index in [1.54, 1.807) is 18.4 Å². The zero-order chi connectivity index (χ0) is 14.7. The average Bonchev–Trinajstić information content (AvgIpc) is 2.78. The van der Waals surface area contributed by atoms with Gasteiger partial charge < -0.3 is 14.7 Å². The minimum Gasteiger partial charge on any atom is -0.391 e. The highest BCUT2D eigenvalue weighted by molar-refractivity contribution is 7.15. The highest BCUT2D eigenvalue weighted by Crippen LogP contribution is 2.36. The molecule has 1 aliphatic heterocycles. The number of hydrogen-bond donors (Lipinski definition) is 1. The molecule has 2 aromatic rings. The molecule has 2 heterocycles. The third-order valence-electron chi connectivity index (χ3n) is 3.78. The van der Waals surface area contributed by atoms with E-state index in [1.165, 1.54) is 17.7 Å². The summed E-state index contributed by atoms with van der Waals surface area (Å²) in [5.74, 6) is 0. The van der Waals surface area contributed by atoms with Gasteiger partial charge in [-0.15, -0.1) is 0 Å². The monoisotopic (exact) mass is 304 g/mol. The highest BCUT2D eigenvalue weighted by Gasteiger charge is 2.21. The van der Waals surface area contributed by atoms with Crippen LogP contribution in [0.5, 0.6) is 0 Å². The van der Waals surface area contributed by atoms with Gasteiger partial charge in [-0.3, -0.25) is 0 Å². The normalized spacial score (nSPS) is 14.9. The smallest absolute Gasteiger partial charge is 0.190 e. The van der Waals surface area contributed by atoms with Gasteiger partial charge in [0.05, 0.1) is 23.8 Å².